The van der Waals surface area contributed by atoms with Crippen LogP contribution in [-0.4, -0.2) is 22.2 Å². The van der Waals surface area contributed by atoms with Crippen molar-refractivity contribution in [2.24, 2.45) is 5.10 Å². The molecule has 0 unspecified atom stereocenters. The van der Waals surface area contributed by atoms with Gasteiger partial charge in [-0.1, -0.05) is 6.07 Å². The number of amides is 1. The number of phenols is 1. The number of pyridine rings is 1. The minimum atomic E-state index is -0.370. The summed E-state index contributed by atoms with van der Waals surface area (Å²) in [7, 11) is 0. The average Bonchev–Trinajstić information content (AvgIpc) is 2.45. The van der Waals surface area contributed by atoms with E-state index in [4.69, 9.17) is 0 Å². The van der Waals surface area contributed by atoms with Gasteiger partial charge >= 0.3 is 0 Å². The molecule has 0 aliphatic heterocycles. The molecule has 1 amide bonds. The molecule has 0 radical (unpaired) electrons. The SMILES string of the molecule is O=C(N/N=C\c1cc(I)c(O)c(I)c1)c1ccccn1. The molecular weight excluding hydrogens is 484 g/mol. The summed E-state index contributed by atoms with van der Waals surface area (Å²) < 4.78 is 1.46. The summed E-state index contributed by atoms with van der Waals surface area (Å²) in [6.45, 7) is 0. The van der Waals surface area contributed by atoms with Crippen molar-refractivity contribution in [2.75, 3.05) is 0 Å². The molecule has 1 heterocycles. The minimum Gasteiger partial charge on any atom is -0.506 e. The lowest BCUT2D eigenvalue weighted by molar-refractivity contribution is 0.0950. The Hall–Kier alpha value is -1.23. The summed E-state index contributed by atoms with van der Waals surface area (Å²) in [6, 6.07) is 8.62. The molecule has 5 nitrogen and oxygen atoms in total. The number of hydrogen-bond acceptors (Lipinski definition) is 4. The number of carbonyl (C=O) groups excluding carboxylic acids is 1. The summed E-state index contributed by atoms with van der Waals surface area (Å²) in [5.41, 5.74) is 3.50. The summed E-state index contributed by atoms with van der Waals surface area (Å²) >= 11 is 4.07. The molecule has 0 spiro atoms. The Balaban J connectivity index is 2.06. The predicted molar refractivity (Wildman–Crippen MR) is 92.8 cm³/mol. The molecule has 102 valence electrons. The molecule has 2 aromatic rings. The lowest BCUT2D eigenvalue weighted by Gasteiger charge is -2.02. The maximum atomic E-state index is 11.7. The molecule has 0 saturated heterocycles. The highest BCUT2D eigenvalue weighted by Crippen LogP contribution is 2.26. The Kier molecular flexibility index (Phi) is 5.29. The van der Waals surface area contributed by atoms with E-state index >= 15 is 0 Å². The van der Waals surface area contributed by atoms with Crippen LogP contribution in [0.5, 0.6) is 5.75 Å². The van der Waals surface area contributed by atoms with Crippen LogP contribution in [0.25, 0.3) is 0 Å². The third-order valence-corrected chi connectivity index (χ3v) is 3.96. The van der Waals surface area contributed by atoms with Crippen molar-refractivity contribution in [1.29, 1.82) is 0 Å². The van der Waals surface area contributed by atoms with Gasteiger partial charge in [0, 0.05) is 6.20 Å². The number of benzene rings is 1. The second-order valence-corrected chi connectivity index (χ2v) is 6.07. The highest BCUT2D eigenvalue weighted by atomic mass is 127. The predicted octanol–water partition coefficient (Wildman–Crippen LogP) is 2.76. The molecule has 0 aliphatic rings. The van der Waals surface area contributed by atoms with Gasteiger partial charge in [0.15, 0.2) is 0 Å². The largest absolute Gasteiger partial charge is 0.506 e. The standard InChI is InChI=1S/C13H9I2N3O2/c14-9-5-8(6-10(15)12(9)19)7-17-18-13(20)11-3-1-2-4-16-11/h1-7,19H,(H,18,20)/b17-7-. The van der Waals surface area contributed by atoms with Crippen LogP contribution in [0.15, 0.2) is 41.6 Å². The number of aromatic hydroxyl groups is 1. The van der Waals surface area contributed by atoms with Crippen LogP contribution in [-0.2, 0) is 0 Å². The molecule has 7 heteroatoms. The van der Waals surface area contributed by atoms with E-state index in [-0.39, 0.29) is 11.7 Å². The summed E-state index contributed by atoms with van der Waals surface area (Å²) in [4.78, 5) is 15.6. The number of rotatable bonds is 3. The van der Waals surface area contributed by atoms with Crippen molar-refractivity contribution >= 4 is 57.3 Å². The lowest BCUT2D eigenvalue weighted by Crippen LogP contribution is -2.18. The molecule has 2 rings (SSSR count). The smallest absolute Gasteiger partial charge is 0.289 e. The second-order valence-electron chi connectivity index (χ2n) is 3.75. The maximum Gasteiger partial charge on any atom is 0.289 e. The summed E-state index contributed by atoms with van der Waals surface area (Å²) in [5, 5.41) is 13.5. The molecule has 1 aromatic heterocycles. The number of aromatic nitrogens is 1. The lowest BCUT2D eigenvalue weighted by atomic mass is 10.2. The normalized spacial score (nSPS) is 10.7. The Morgan fingerprint density at radius 1 is 1.30 bits per heavy atom. The zero-order valence-electron chi connectivity index (χ0n) is 10.0. The Labute approximate surface area is 142 Å². The third-order valence-electron chi connectivity index (χ3n) is 2.32. The van der Waals surface area contributed by atoms with Gasteiger partial charge in [0.2, 0.25) is 0 Å². The first-order valence-corrected chi connectivity index (χ1v) is 7.66. The average molecular weight is 493 g/mol. The summed E-state index contributed by atoms with van der Waals surface area (Å²) in [6.07, 6.45) is 3.06. The van der Waals surface area contributed by atoms with Crippen molar-refractivity contribution in [1.82, 2.24) is 10.4 Å². The molecule has 20 heavy (non-hydrogen) atoms. The molecule has 0 atom stereocenters. The first-order chi connectivity index (χ1) is 9.58. The Morgan fingerprint density at radius 3 is 2.60 bits per heavy atom. The fourth-order valence-electron chi connectivity index (χ4n) is 1.38. The number of nitrogens with one attached hydrogen (secondary N) is 1. The molecular formula is C13H9I2N3O2. The van der Waals surface area contributed by atoms with E-state index in [1.165, 1.54) is 6.21 Å². The van der Waals surface area contributed by atoms with Crippen molar-refractivity contribution < 1.29 is 9.90 Å². The van der Waals surface area contributed by atoms with Crippen LogP contribution in [0.3, 0.4) is 0 Å². The van der Waals surface area contributed by atoms with Crippen LogP contribution in [0.1, 0.15) is 16.1 Å². The first-order valence-electron chi connectivity index (χ1n) is 5.50. The van der Waals surface area contributed by atoms with E-state index in [0.717, 1.165) is 12.7 Å². The van der Waals surface area contributed by atoms with Crippen molar-refractivity contribution in [3.05, 3.63) is 54.9 Å². The van der Waals surface area contributed by atoms with Crippen LogP contribution < -0.4 is 5.43 Å². The zero-order valence-corrected chi connectivity index (χ0v) is 14.4. The van der Waals surface area contributed by atoms with E-state index in [2.05, 4.69) is 15.5 Å². The Bertz CT molecular complexity index is 637. The zero-order chi connectivity index (χ0) is 14.5. The van der Waals surface area contributed by atoms with Gasteiger partial charge < -0.3 is 5.11 Å². The Morgan fingerprint density at radius 2 is 2.00 bits per heavy atom. The molecule has 1 aromatic carbocycles. The van der Waals surface area contributed by atoms with Gasteiger partial charge in [0.1, 0.15) is 11.4 Å². The number of halogens is 2. The monoisotopic (exact) mass is 493 g/mol. The van der Waals surface area contributed by atoms with Gasteiger partial charge in [0.25, 0.3) is 5.91 Å². The van der Waals surface area contributed by atoms with E-state index < -0.39 is 0 Å². The van der Waals surface area contributed by atoms with E-state index in [0.29, 0.717) is 5.69 Å². The number of carbonyl (C=O) groups is 1. The number of hydrogen-bond donors (Lipinski definition) is 2. The van der Waals surface area contributed by atoms with Gasteiger partial charge in [-0.25, -0.2) is 5.43 Å². The van der Waals surface area contributed by atoms with E-state index in [9.17, 15) is 9.90 Å². The number of phenolic OH excluding ortho intramolecular Hbond substituents is 1. The molecule has 0 aliphatic carbocycles. The topological polar surface area (TPSA) is 74.6 Å². The second kappa shape index (κ2) is 6.97. The number of hydrazone groups is 1. The fourth-order valence-corrected chi connectivity index (χ4v) is 3.20. The van der Waals surface area contributed by atoms with Gasteiger partial charge in [0.05, 0.1) is 13.4 Å². The fraction of sp³-hybridized carbons (Fsp3) is 0. The quantitative estimate of drug-likeness (QED) is 0.393. The van der Waals surface area contributed by atoms with Gasteiger partial charge in [-0.3, -0.25) is 9.78 Å². The van der Waals surface area contributed by atoms with Crippen LogP contribution in [0.2, 0.25) is 0 Å². The van der Waals surface area contributed by atoms with Gasteiger partial charge in [-0.15, -0.1) is 0 Å². The highest BCUT2D eigenvalue weighted by molar-refractivity contribution is 14.1. The highest BCUT2D eigenvalue weighted by Gasteiger charge is 2.05. The third kappa shape index (κ3) is 3.88. The van der Waals surface area contributed by atoms with Crippen LogP contribution >= 0.6 is 45.2 Å². The van der Waals surface area contributed by atoms with Gasteiger partial charge in [-0.05, 0) is 75.0 Å². The van der Waals surface area contributed by atoms with Crippen LogP contribution in [0, 0.1) is 7.14 Å². The minimum absolute atomic E-state index is 0.251. The summed E-state index contributed by atoms with van der Waals surface area (Å²) in [5.74, 6) is -0.120. The molecule has 0 fully saturated rings. The van der Waals surface area contributed by atoms with Crippen molar-refractivity contribution in [3.8, 4) is 5.75 Å². The van der Waals surface area contributed by atoms with Gasteiger partial charge in [-0.2, -0.15) is 5.10 Å². The van der Waals surface area contributed by atoms with E-state index in [1.807, 2.05) is 45.2 Å². The number of nitrogens with zero attached hydrogens (tertiary/aromatic N) is 2. The van der Waals surface area contributed by atoms with Crippen molar-refractivity contribution in [3.63, 3.8) is 0 Å². The maximum absolute atomic E-state index is 11.7. The molecule has 0 saturated carbocycles. The van der Waals surface area contributed by atoms with E-state index in [1.54, 1.807) is 36.5 Å². The van der Waals surface area contributed by atoms with Crippen molar-refractivity contribution in [2.45, 2.75) is 0 Å². The first kappa shape index (κ1) is 15.2. The molecule has 2 N–H and O–H groups in total. The van der Waals surface area contributed by atoms with Crippen LogP contribution in [0.4, 0.5) is 0 Å². The molecule has 0 bridgehead atoms.